The first-order valence-electron chi connectivity index (χ1n) is 4.07. The van der Waals surface area contributed by atoms with E-state index in [2.05, 4.69) is 10.7 Å². The van der Waals surface area contributed by atoms with Crippen LogP contribution in [-0.4, -0.2) is 13.1 Å². The second-order valence-corrected chi connectivity index (χ2v) is 2.67. The molecular weight excluding hydrogens is 216 g/mol. The van der Waals surface area contributed by atoms with Crippen molar-refractivity contribution < 1.29 is 18.3 Å². The maximum atomic E-state index is 13.1. The van der Waals surface area contributed by atoms with Crippen LogP contribution in [0.4, 0.5) is 8.78 Å². The highest BCUT2D eigenvalue weighted by molar-refractivity contribution is 5.89. The Hall–Kier alpha value is -2.40. The van der Waals surface area contributed by atoms with Crippen molar-refractivity contribution in [1.82, 2.24) is 0 Å². The minimum absolute atomic E-state index is 0.0422. The molecule has 0 saturated carbocycles. The molecule has 0 atom stereocenters. The topological polar surface area (TPSA) is 50.1 Å². The fourth-order valence-electron chi connectivity index (χ4n) is 0.926. The Bertz CT molecular complexity index is 512. The van der Waals surface area contributed by atoms with Crippen molar-refractivity contribution >= 4 is 5.97 Å². The normalized spacial score (nSPS) is 8.62. The zero-order valence-corrected chi connectivity index (χ0v) is 8.17. The Morgan fingerprint density at radius 1 is 1.38 bits per heavy atom. The van der Waals surface area contributed by atoms with Crippen LogP contribution >= 0.6 is 0 Å². The minimum atomic E-state index is -1.02. The average molecular weight is 221 g/mol. The number of halogens is 2. The first kappa shape index (κ1) is 11.7. The number of nitrogens with zero attached hydrogens (tertiary/aromatic N) is 1. The van der Waals surface area contributed by atoms with E-state index >= 15 is 0 Å². The van der Waals surface area contributed by atoms with Crippen LogP contribution in [0.1, 0.15) is 11.1 Å². The van der Waals surface area contributed by atoms with Gasteiger partial charge in [-0.3, -0.25) is 0 Å². The molecule has 0 amide bonds. The lowest BCUT2D eigenvalue weighted by molar-refractivity contribution is -0.133. The molecule has 0 aliphatic rings. The van der Waals surface area contributed by atoms with E-state index in [1.54, 1.807) is 0 Å². The molecule has 16 heavy (non-hydrogen) atoms. The maximum absolute atomic E-state index is 13.1. The molecule has 0 aliphatic carbocycles. The van der Waals surface area contributed by atoms with Gasteiger partial charge in [0.05, 0.1) is 7.11 Å². The van der Waals surface area contributed by atoms with Gasteiger partial charge in [-0.05, 0) is 12.1 Å². The number of hydrogen-bond acceptors (Lipinski definition) is 3. The third-order valence-corrected chi connectivity index (χ3v) is 1.65. The van der Waals surface area contributed by atoms with Gasteiger partial charge in [0.2, 0.25) is 0 Å². The van der Waals surface area contributed by atoms with Crippen LogP contribution < -0.4 is 0 Å². The molecule has 0 saturated heterocycles. The largest absolute Gasteiger partial charge is 0.459 e. The van der Waals surface area contributed by atoms with Crippen molar-refractivity contribution in [2.24, 2.45) is 0 Å². The molecular formula is C11H5F2NO2. The summed E-state index contributed by atoms with van der Waals surface area (Å²) in [5.74, 6) is 1.38. The highest BCUT2D eigenvalue weighted by Crippen LogP contribution is 2.13. The standard InChI is InChI=1S/C11H5F2NO2/c1-16-11(15)3-2-7-4-9(12)8(6-14)10(13)5-7/h4-5H,1H3. The molecule has 0 spiro atoms. The number of esters is 1. The van der Waals surface area contributed by atoms with E-state index in [4.69, 9.17) is 5.26 Å². The molecule has 0 aromatic heterocycles. The number of carbonyl (C=O) groups is 1. The van der Waals surface area contributed by atoms with Crippen LogP contribution in [0.15, 0.2) is 12.1 Å². The molecule has 80 valence electrons. The van der Waals surface area contributed by atoms with Gasteiger partial charge in [-0.25, -0.2) is 13.6 Å². The molecule has 0 radical (unpaired) electrons. The van der Waals surface area contributed by atoms with E-state index in [1.807, 2.05) is 5.92 Å². The van der Waals surface area contributed by atoms with E-state index in [-0.39, 0.29) is 5.56 Å². The van der Waals surface area contributed by atoms with Crippen LogP contribution in [0.3, 0.4) is 0 Å². The van der Waals surface area contributed by atoms with Crippen LogP contribution in [-0.2, 0) is 9.53 Å². The van der Waals surface area contributed by atoms with Gasteiger partial charge >= 0.3 is 5.97 Å². The van der Waals surface area contributed by atoms with Gasteiger partial charge in [0, 0.05) is 11.5 Å². The van der Waals surface area contributed by atoms with Gasteiger partial charge in [0.15, 0.2) is 0 Å². The third kappa shape index (κ3) is 2.55. The molecule has 0 heterocycles. The highest BCUT2D eigenvalue weighted by atomic mass is 19.1. The number of hydrogen-bond donors (Lipinski definition) is 0. The summed E-state index contributed by atoms with van der Waals surface area (Å²) in [6.07, 6.45) is 0. The first-order valence-corrected chi connectivity index (χ1v) is 4.07. The Labute approximate surface area is 90.3 Å². The van der Waals surface area contributed by atoms with E-state index in [0.29, 0.717) is 0 Å². The second kappa shape index (κ2) is 4.90. The molecule has 0 N–H and O–H groups in total. The summed E-state index contributed by atoms with van der Waals surface area (Å²) in [4.78, 5) is 10.6. The van der Waals surface area contributed by atoms with E-state index in [0.717, 1.165) is 19.2 Å². The van der Waals surface area contributed by atoms with Crippen molar-refractivity contribution in [3.8, 4) is 17.9 Å². The summed E-state index contributed by atoms with van der Waals surface area (Å²) in [6, 6.07) is 3.12. The molecule has 0 unspecified atom stereocenters. The van der Waals surface area contributed by atoms with Gasteiger partial charge in [0.1, 0.15) is 23.3 Å². The smallest absolute Gasteiger partial charge is 0.384 e. The van der Waals surface area contributed by atoms with Gasteiger partial charge in [-0.2, -0.15) is 5.26 Å². The molecule has 3 nitrogen and oxygen atoms in total. The van der Waals surface area contributed by atoms with Crippen LogP contribution in [0, 0.1) is 34.8 Å². The summed E-state index contributed by atoms with van der Waals surface area (Å²) >= 11 is 0. The molecule has 5 heteroatoms. The summed E-state index contributed by atoms with van der Waals surface area (Å²) in [5.41, 5.74) is -0.719. The van der Waals surface area contributed by atoms with Crippen molar-refractivity contribution in [2.45, 2.75) is 0 Å². The third-order valence-electron chi connectivity index (χ3n) is 1.65. The van der Waals surface area contributed by atoms with E-state index < -0.39 is 23.2 Å². The maximum Gasteiger partial charge on any atom is 0.384 e. The summed E-state index contributed by atoms with van der Waals surface area (Å²) in [6.45, 7) is 0. The zero-order valence-electron chi connectivity index (χ0n) is 8.17. The quantitative estimate of drug-likeness (QED) is 0.491. The van der Waals surface area contributed by atoms with Crippen molar-refractivity contribution in [3.63, 3.8) is 0 Å². The molecule has 0 aliphatic heterocycles. The SMILES string of the molecule is COC(=O)C#Cc1cc(F)c(C#N)c(F)c1. The molecule has 1 aromatic rings. The first-order chi connectivity index (χ1) is 7.58. The monoisotopic (exact) mass is 221 g/mol. The number of methoxy groups -OCH3 is 1. The van der Waals surface area contributed by atoms with Crippen molar-refractivity contribution in [2.75, 3.05) is 7.11 Å². The van der Waals surface area contributed by atoms with Crippen molar-refractivity contribution in [1.29, 1.82) is 5.26 Å². The fourth-order valence-corrected chi connectivity index (χ4v) is 0.926. The Balaban J connectivity index is 3.14. The predicted molar refractivity (Wildman–Crippen MR) is 50.0 cm³/mol. The lowest BCUT2D eigenvalue weighted by Crippen LogP contribution is -1.95. The average Bonchev–Trinajstić information content (AvgIpc) is 2.25. The zero-order chi connectivity index (χ0) is 12.1. The number of ether oxygens (including phenoxy) is 1. The van der Waals surface area contributed by atoms with Gasteiger partial charge in [-0.1, -0.05) is 5.92 Å². The van der Waals surface area contributed by atoms with Crippen LogP contribution in [0.2, 0.25) is 0 Å². The molecule has 1 aromatic carbocycles. The lowest BCUT2D eigenvalue weighted by Gasteiger charge is -1.96. The van der Waals surface area contributed by atoms with Crippen molar-refractivity contribution in [3.05, 3.63) is 34.9 Å². The molecule has 0 bridgehead atoms. The highest BCUT2D eigenvalue weighted by Gasteiger charge is 2.09. The second-order valence-electron chi connectivity index (χ2n) is 2.67. The van der Waals surface area contributed by atoms with Gasteiger partial charge < -0.3 is 4.74 Å². The number of benzene rings is 1. The number of carbonyl (C=O) groups excluding carboxylic acids is 1. The number of nitriles is 1. The van der Waals surface area contributed by atoms with Crippen LogP contribution in [0.5, 0.6) is 0 Å². The molecule has 0 fully saturated rings. The number of rotatable bonds is 0. The van der Waals surface area contributed by atoms with Gasteiger partial charge in [0.25, 0.3) is 0 Å². The van der Waals surface area contributed by atoms with Crippen LogP contribution in [0.25, 0.3) is 0 Å². The lowest BCUT2D eigenvalue weighted by atomic mass is 10.1. The minimum Gasteiger partial charge on any atom is -0.459 e. The van der Waals surface area contributed by atoms with E-state index in [1.165, 1.54) is 6.07 Å². The van der Waals surface area contributed by atoms with Gasteiger partial charge in [-0.15, -0.1) is 0 Å². The predicted octanol–water partition coefficient (Wildman–Crippen LogP) is 1.36. The molecule has 1 rings (SSSR count). The summed E-state index contributed by atoms with van der Waals surface area (Å²) in [7, 11) is 1.14. The summed E-state index contributed by atoms with van der Waals surface area (Å²) in [5, 5.41) is 8.41. The fraction of sp³-hybridized carbons (Fsp3) is 0.0909. The Morgan fingerprint density at radius 2 is 1.94 bits per heavy atom. The Morgan fingerprint density at radius 3 is 2.38 bits per heavy atom. The Kier molecular flexibility index (Phi) is 3.58. The van der Waals surface area contributed by atoms with E-state index in [9.17, 15) is 13.6 Å². The summed E-state index contributed by atoms with van der Waals surface area (Å²) < 4.78 is 30.4.